The molecule has 88 valence electrons. The van der Waals surface area contributed by atoms with Gasteiger partial charge in [0.1, 0.15) is 5.82 Å². The summed E-state index contributed by atoms with van der Waals surface area (Å²) >= 11 is 0. The van der Waals surface area contributed by atoms with Crippen molar-refractivity contribution in [2.24, 2.45) is 5.92 Å². The van der Waals surface area contributed by atoms with Crippen LogP contribution in [0.25, 0.3) is 0 Å². The van der Waals surface area contributed by atoms with Crippen molar-refractivity contribution in [3.63, 3.8) is 0 Å². The van der Waals surface area contributed by atoms with Gasteiger partial charge in [-0.15, -0.1) is 0 Å². The molecule has 1 unspecified atom stereocenters. The first-order chi connectivity index (χ1) is 7.83. The number of nitrogens with zero attached hydrogens (tertiary/aromatic N) is 2. The maximum absolute atomic E-state index is 9.04. The minimum Gasteiger partial charge on any atom is -0.390 e. The van der Waals surface area contributed by atoms with E-state index in [0.717, 1.165) is 37.6 Å². The third kappa shape index (κ3) is 2.51. The lowest BCUT2D eigenvalue weighted by molar-refractivity contribution is 0.161. The van der Waals surface area contributed by atoms with Crippen LogP contribution in [-0.4, -0.2) is 36.9 Å². The molecule has 4 nitrogen and oxygen atoms in total. The second kappa shape index (κ2) is 5.27. The van der Waals surface area contributed by atoms with Crippen LogP contribution in [0.4, 0.5) is 5.82 Å². The van der Waals surface area contributed by atoms with Crippen LogP contribution in [0.3, 0.4) is 0 Å². The fraction of sp³-hybridized carbons (Fsp3) is 0.583. The predicted molar refractivity (Wildman–Crippen MR) is 62.4 cm³/mol. The Morgan fingerprint density at radius 2 is 2.44 bits per heavy atom. The molecule has 1 N–H and O–H groups in total. The van der Waals surface area contributed by atoms with Crippen LogP contribution in [0.1, 0.15) is 12.1 Å². The molecule has 0 amide bonds. The number of rotatable bonds is 4. The van der Waals surface area contributed by atoms with E-state index in [1.807, 2.05) is 18.2 Å². The second-order valence-corrected chi connectivity index (χ2v) is 4.20. The van der Waals surface area contributed by atoms with Gasteiger partial charge in [-0.05, 0) is 18.6 Å². The van der Waals surface area contributed by atoms with Crippen molar-refractivity contribution in [1.82, 2.24) is 4.98 Å². The number of hydrogen-bond donors (Lipinski definition) is 1. The molecule has 0 saturated carbocycles. The summed E-state index contributed by atoms with van der Waals surface area (Å²) in [5.41, 5.74) is 0.729. The number of pyridine rings is 1. The second-order valence-electron chi connectivity index (χ2n) is 4.20. The molecule has 0 aromatic carbocycles. The van der Waals surface area contributed by atoms with Crippen LogP contribution in [0.2, 0.25) is 0 Å². The number of aliphatic hydroxyl groups excluding tert-OH is 1. The molecule has 2 heterocycles. The summed E-state index contributed by atoms with van der Waals surface area (Å²) in [6.07, 6.45) is 1.15. The van der Waals surface area contributed by atoms with Crippen LogP contribution in [0.5, 0.6) is 0 Å². The monoisotopic (exact) mass is 222 g/mol. The third-order valence-electron chi connectivity index (χ3n) is 2.97. The summed E-state index contributed by atoms with van der Waals surface area (Å²) in [6.45, 7) is 2.84. The van der Waals surface area contributed by atoms with Crippen molar-refractivity contribution in [2.45, 2.75) is 13.0 Å². The lowest BCUT2D eigenvalue weighted by atomic mass is 10.1. The molecule has 0 bridgehead atoms. The molecule has 1 saturated heterocycles. The standard InChI is InChI=1S/C12H18N2O2/c1-16-9-10-5-6-14(7-10)12-4-2-3-11(8-15)13-12/h2-4,10,15H,5-9H2,1H3. The van der Waals surface area contributed by atoms with Crippen molar-refractivity contribution in [2.75, 3.05) is 31.7 Å². The highest BCUT2D eigenvalue weighted by molar-refractivity contribution is 5.40. The van der Waals surface area contributed by atoms with Crippen LogP contribution >= 0.6 is 0 Å². The summed E-state index contributed by atoms with van der Waals surface area (Å²) < 4.78 is 5.17. The van der Waals surface area contributed by atoms with E-state index in [0.29, 0.717) is 5.92 Å². The Kier molecular flexibility index (Phi) is 3.74. The Labute approximate surface area is 95.9 Å². The Balaban J connectivity index is 2.02. The van der Waals surface area contributed by atoms with Crippen molar-refractivity contribution >= 4 is 5.82 Å². The fourth-order valence-corrected chi connectivity index (χ4v) is 2.14. The summed E-state index contributed by atoms with van der Waals surface area (Å²) in [6, 6.07) is 5.78. The van der Waals surface area contributed by atoms with E-state index in [1.165, 1.54) is 0 Å². The van der Waals surface area contributed by atoms with Crippen LogP contribution < -0.4 is 4.90 Å². The Morgan fingerprint density at radius 1 is 1.56 bits per heavy atom. The summed E-state index contributed by atoms with van der Waals surface area (Å²) in [7, 11) is 1.74. The van der Waals surface area contributed by atoms with Gasteiger partial charge in [0.05, 0.1) is 18.9 Å². The quantitative estimate of drug-likeness (QED) is 0.827. The van der Waals surface area contributed by atoms with E-state index in [4.69, 9.17) is 9.84 Å². The minimum atomic E-state index is 0.00315. The molecule has 2 rings (SSSR count). The van der Waals surface area contributed by atoms with Gasteiger partial charge in [-0.2, -0.15) is 0 Å². The maximum atomic E-state index is 9.04. The third-order valence-corrected chi connectivity index (χ3v) is 2.97. The zero-order valence-corrected chi connectivity index (χ0v) is 9.59. The summed E-state index contributed by atoms with van der Waals surface area (Å²) in [5, 5.41) is 9.04. The molecular weight excluding hydrogens is 204 g/mol. The van der Waals surface area contributed by atoms with Gasteiger partial charge in [-0.25, -0.2) is 4.98 Å². The molecule has 0 spiro atoms. The van der Waals surface area contributed by atoms with Gasteiger partial charge in [-0.3, -0.25) is 0 Å². The lowest BCUT2D eigenvalue weighted by Gasteiger charge is -2.17. The van der Waals surface area contributed by atoms with E-state index < -0.39 is 0 Å². The Bertz CT molecular complexity index is 344. The zero-order chi connectivity index (χ0) is 11.4. The molecule has 1 aromatic rings. The molecule has 1 aromatic heterocycles. The number of aromatic nitrogens is 1. The lowest BCUT2D eigenvalue weighted by Crippen LogP contribution is -2.22. The van der Waals surface area contributed by atoms with E-state index in [2.05, 4.69) is 9.88 Å². The number of methoxy groups -OCH3 is 1. The predicted octanol–water partition coefficient (Wildman–Crippen LogP) is 1.05. The van der Waals surface area contributed by atoms with Crippen molar-refractivity contribution < 1.29 is 9.84 Å². The minimum absolute atomic E-state index is 0.00315. The SMILES string of the molecule is COCC1CCN(c2cccc(CO)n2)C1. The van der Waals surface area contributed by atoms with E-state index in [1.54, 1.807) is 7.11 Å². The van der Waals surface area contributed by atoms with Crippen LogP contribution in [-0.2, 0) is 11.3 Å². The van der Waals surface area contributed by atoms with Crippen molar-refractivity contribution in [1.29, 1.82) is 0 Å². The van der Waals surface area contributed by atoms with Gasteiger partial charge >= 0.3 is 0 Å². The molecule has 0 radical (unpaired) electrons. The van der Waals surface area contributed by atoms with Gasteiger partial charge in [0, 0.05) is 26.1 Å². The molecule has 1 atom stereocenters. The summed E-state index contributed by atoms with van der Waals surface area (Å²) in [5.74, 6) is 1.56. The molecular formula is C12H18N2O2. The van der Waals surface area contributed by atoms with Gasteiger partial charge in [0.25, 0.3) is 0 Å². The first-order valence-electron chi connectivity index (χ1n) is 5.64. The number of anilines is 1. The van der Waals surface area contributed by atoms with Gasteiger partial charge in [-0.1, -0.05) is 6.07 Å². The van der Waals surface area contributed by atoms with Crippen molar-refractivity contribution in [3.05, 3.63) is 23.9 Å². The van der Waals surface area contributed by atoms with E-state index in [9.17, 15) is 0 Å². The number of aliphatic hydroxyl groups is 1. The number of ether oxygens (including phenoxy) is 1. The largest absolute Gasteiger partial charge is 0.390 e. The molecule has 0 aliphatic carbocycles. The molecule has 1 fully saturated rings. The zero-order valence-electron chi connectivity index (χ0n) is 9.59. The van der Waals surface area contributed by atoms with E-state index >= 15 is 0 Å². The molecule has 4 heteroatoms. The highest BCUT2D eigenvalue weighted by Gasteiger charge is 2.23. The molecule has 16 heavy (non-hydrogen) atoms. The van der Waals surface area contributed by atoms with Gasteiger partial charge in [0.2, 0.25) is 0 Å². The van der Waals surface area contributed by atoms with Gasteiger partial charge in [0.15, 0.2) is 0 Å². The average molecular weight is 222 g/mol. The topological polar surface area (TPSA) is 45.6 Å². The van der Waals surface area contributed by atoms with E-state index in [-0.39, 0.29) is 6.61 Å². The Morgan fingerprint density at radius 3 is 3.19 bits per heavy atom. The summed E-state index contributed by atoms with van der Waals surface area (Å²) in [4.78, 5) is 6.66. The maximum Gasteiger partial charge on any atom is 0.128 e. The average Bonchev–Trinajstić information content (AvgIpc) is 2.78. The van der Waals surface area contributed by atoms with Crippen molar-refractivity contribution in [3.8, 4) is 0 Å². The molecule has 1 aliphatic rings. The molecule has 1 aliphatic heterocycles. The highest BCUT2D eigenvalue weighted by atomic mass is 16.5. The van der Waals surface area contributed by atoms with Gasteiger partial charge < -0.3 is 14.7 Å². The van der Waals surface area contributed by atoms with Crippen LogP contribution in [0.15, 0.2) is 18.2 Å². The smallest absolute Gasteiger partial charge is 0.128 e. The number of hydrogen-bond acceptors (Lipinski definition) is 4. The first kappa shape index (κ1) is 11.4. The highest BCUT2D eigenvalue weighted by Crippen LogP contribution is 2.22. The first-order valence-corrected chi connectivity index (χ1v) is 5.64. The van der Waals surface area contributed by atoms with Crippen LogP contribution in [0, 0.1) is 5.92 Å². The fourth-order valence-electron chi connectivity index (χ4n) is 2.14. The Hall–Kier alpha value is -1.13. The normalized spacial score (nSPS) is 20.4.